The third-order valence-corrected chi connectivity index (χ3v) is 2.38. The fourth-order valence-electron chi connectivity index (χ4n) is 1.67. The predicted octanol–water partition coefficient (Wildman–Crippen LogP) is 0.835. The van der Waals surface area contributed by atoms with Gasteiger partial charge in [-0.25, -0.2) is 0 Å². The minimum atomic E-state index is 0.362. The largest absolute Gasteiger partial charge is 0.379 e. The molecular weight excluding hydrogens is 164 g/mol. The van der Waals surface area contributed by atoms with Crippen LogP contribution in [0.3, 0.4) is 0 Å². The van der Waals surface area contributed by atoms with E-state index in [0.717, 1.165) is 32.5 Å². The molecule has 0 radical (unpaired) electrons. The summed E-state index contributed by atoms with van der Waals surface area (Å²) >= 11 is 0. The number of rotatable bonds is 5. The maximum atomic E-state index is 5.80. The third kappa shape index (κ3) is 4.60. The van der Waals surface area contributed by atoms with Crippen LogP contribution in [0.2, 0.25) is 0 Å². The van der Waals surface area contributed by atoms with Crippen molar-refractivity contribution >= 4 is 0 Å². The zero-order chi connectivity index (χ0) is 9.68. The van der Waals surface area contributed by atoms with E-state index in [-0.39, 0.29) is 0 Å². The van der Waals surface area contributed by atoms with Crippen molar-refractivity contribution in [1.82, 2.24) is 4.90 Å². The van der Waals surface area contributed by atoms with Crippen LogP contribution in [0.5, 0.6) is 0 Å². The van der Waals surface area contributed by atoms with Gasteiger partial charge in [0.2, 0.25) is 0 Å². The fourth-order valence-corrected chi connectivity index (χ4v) is 1.67. The Labute approximate surface area is 81.2 Å². The SMILES string of the molecule is CC(C)OCCCN1CC[C@@H](N)C1. The molecule has 3 heteroatoms. The Bertz CT molecular complexity index is 139. The number of nitrogens with two attached hydrogens (primary N) is 1. The van der Waals surface area contributed by atoms with Gasteiger partial charge in [-0.2, -0.15) is 0 Å². The van der Waals surface area contributed by atoms with Gasteiger partial charge in [0, 0.05) is 25.7 Å². The van der Waals surface area contributed by atoms with Gasteiger partial charge >= 0.3 is 0 Å². The summed E-state index contributed by atoms with van der Waals surface area (Å²) in [6.45, 7) is 8.41. The highest BCUT2D eigenvalue weighted by Crippen LogP contribution is 2.06. The highest BCUT2D eigenvalue weighted by molar-refractivity contribution is 4.77. The van der Waals surface area contributed by atoms with Crippen LogP contribution in [0.15, 0.2) is 0 Å². The summed E-state index contributed by atoms with van der Waals surface area (Å²) < 4.78 is 5.47. The standard InChI is InChI=1S/C10H22N2O/c1-9(2)13-7-3-5-12-6-4-10(11)8-12/h9-10H,3-8,11H2,1-2H3/t10-/m1/s1. The molecule has 1 aliphatic rings. The predicted molar refractivity (Wildman–Crippen MR) is 54.7 cm³/mol. The van der Waals surface area contributed by atoms with Crippen LogP contribution < -0.4 is 5.73 Å². The van der Waals surface area contributed by atoms with Crippen LogP contribution in [0.25, 0.3) is 0 Å². The van der Waals surface area contributed by atoms with Crippen molar-refractivity contribution in [3.05, 3.63) is 0 Å². The van der Waals surface area contributed by atoms with E-state index in [4.69, 9.17) is 10.5 Å². The van der Waals surface area contributed by atoms with E-state index in [1.807, 2.05) is 0 Å². The molecule has 0 aliphatic carbocycles. The highest BCUT2D eigenvalue weighted by Gasteiger charge is 2.17. The van der Waals surface area contributed by atoms with Crippen LogP contribution >= 0.6 is 0 Å². The van der Waals surface area contributed by atoms with Crippen LogP contribution in [0, 0.1) is 0 Å². The van der Waals surface area contributed by atoms with Crippen molar-refractivity contribution in [1.29, 1.82) is 0 Å². The topological polar surface area (TPSA) is 38.5 Å². The molecule has 0 amide bonds. The lowest BCUT2D eigenvalue weighted by atomic mass is 10.3. The Morgan fingerprint density at radius 2 is 2.31 bits per heavy atom. The molecule has 78 valence electrons. The molecule has 0 aromatic carbocycles. The molecular formula is C10H22N2O. The first-order valence-corrected chi connectivity index (χ1v) is 5.28. The van der Waals surface area contributed by atoms with E-state index in [2.05, 4.69) is 18.7 Å². The maximum absolute atomic E-state index is 5.80. The minimum absolute atomic E-state index is 0.362. The van der Waals surface area contributed by atoms with Crippen molar-refractivity contribution in [2.45, 2.75) is 38.8 Å². The van der Waals surface area contributed by atoms with Crippen LogP contribution in [-0.4, -0.2) is 43.3 Å². The molecule has 1 fully saturated rings. The van der Waals surface area contributed by atoms with Gasteiger partial charge in [-0.3, -0.25) is 0 Å². The van der Waals surface area contributed by atoms with Gasteiger partial charge < -0.3 is 15.4 Å². The van der Waals surface area contributed by atoms with E-state index < -0.39 is 0 Å². The summed E-state index contributed by atoms with van der Waals surface area (Å²) in [5.74, 6) is 0. The van der Waals surface area contributed by atoms with E-state index in [1.54, 1.807) is 0 Å². The molecule has 13 heavy (non-hydrogen) atoms. The first-order chi connectivity index (χ1) is 6.18. The minimum Gasteiger partial charge on any atom is -0.379 e. The molecule has 0 spiro atoms. The molecule has 1 aliphatic heterocycles. The molecule has 1 heterocycles. The number of nitrogens with zero attached hydrogens (tertiary/aromatic N) is 1. The number of ether oxygens (including phenoxy) is 1. The molecule has 3 nitrogen and oxygen atoms in total. The summed E-state index contributed by atoms with van der Waals surface area (Å²) in [6, 6.07) is 0.408. The number of hydrogen-bond donors (Lipinski definition) is 1. The second-order valence-corrected chi connectivity index (χ2v) is 4.12. The van der Waals surface area contributed by atoms with E-state index >= 15 is 0 Å². The van der Waals surface area contributed by atoms with Crippen molar-refractivity contribution in [2.24, 2.45) is 5.73 Å². The molecule has 1 saturated heterocycles. The van der Waals surface area contributed by atoms with Crippen molar-refractivity contribution in [2.75, 3.05) is 26.2 Å². The van der Waals surface area contributed by atoms with Crippen molar-refractivity contribution < 1.29 is 4.74 Å². The summed E-state index contributed by atoms with van der Waals surface area (Å²) in [6.07, 6.45) is 2.65. The Hall–Kier alpha value is -0.120. The van der Waals surface area contributed by atoms with Crippen molar-refractivity contribution in [3.8, 4) is 0 Å². The van der Waals surface area contributed by atoms with Crippen LogP contribution in [0.4, 0.5) is 0 Å². The quantitative estimate of drug-likeness (QED) is 0.646. The molecule has 0 unspecified atom stereocenters. The molecule has 2 N–H and O–H groups in total. The summed E-state index contributed by atoms with van der Waals surface area (Å²) in [5.41, 5.74) is 5.80. The maximum Gasteiger partial charge on any atom is 0.0518 e. The molecule has 0 aromatic heterocycles. The molecule has 0 bridgehead atoms. The van der Waals surface area contributed by atoms with Gasteiger partial charge in [0.1, 0.15) is 0 Å². The Kier molecular flexibility index (Phi) is 4.70. The van der Waals surface area contributed by atoms with Gasteiger partial charge in [0.05, 0.1) is 6.10 Å². The lowest BCUT2D eigenvalue weighted by Crippen LogP contribution is -2.28. The second kappa shape index (κ2) is 5.58. The molecule has 1 atom stereocenters. The number of likely N-dealkylation sites (tertiary alicyclic amines) is 1. The molecule has 0 saturated carbocycles. The van der Waals surface area contributed by atoms with E-state index in [0.29, 0.717) is 12.1 Å². The second-order valence-electron chi connectivity index (χ2n) is 4.12. The zero-order valence-corrected chi connectivity index (χ0v) is 8.83. The average Bonchev–Trinajstić information content (AvgIpc) is 2.45. The third-order valence-electron chi connectivity index (χ3n) is 2.38. The van der Waals surface area contributed by atoms with Gasteiger partial charge in [-0.05, 0) is 33.2 Å². The Balaban J connectivity index is 1.94. The lowest BCUT2D eigenvalue weighted by Gasteiger charge is -2.15. The monoisotopic (exact) mass is 186 g/mol. The lowest BCUT2D eigenvalue weighted by molar-refractivity contribution is 0.0720. The van der Waals surface area contributed by atoms with Gasteiger partial charge in [0.25, 0.3) is 0 Å². The first kappa shape index (κ1) is 11.0. The highest BCUT2D eigenvalue weighted by atomic mass is 16.5. The summed E-state index contributed by atoms with van der Waals surface area (Å²) in [4.78, 5) is 2.42. The van der Waals surface area contributed by atoms with Gasteiger partial charge in [-0.1, -0.05) is 0 Å². The van der Waals surface area contributed by atoms with Gasteiger partial charge in [-0.15, -0.1) is 0 Å². The Morgan fingerprint density at radius 3 is 2.85 bits per heavy atom. The van der Waals surface area contributed by atoms with Crippen LogP contribution in [0.1, 0.15) is 26.7 Å². The smallest absolute Gasteiger partial charge is 0.0518 e. The Morgan fingerprint density at radius 1 is 1.54 bits per heavy atom. The van der Waals surface area contributed by atoms with Crippen molar-refractivity contribution in [3.63, 3.8) is 0 Å². The fraction of sp³-hybridized carbons (Fsp3) is 1.00. The normalized spacial score (nSPS) is 24.5. The van der Waals surface area contributed by atoms with E-state index in [1.165, 1.54) is 6.54 Å². The van der Waals surface area contributed by atoms with Crippen LogP contribution in [-0.2, 0) is 4.74 Å². The molecule has 0 aromatic rings. The summed E-state index contributed by atoms with van der Waals surface area (Å²) in [7, 11) is 0. The zero-order valence-electron chi connectivity index (χ0n) is 8.83. The van der Waals surface area contributed by atoms with Gasteiger partial charge in [0.15, 0.2) is 0 Å². The first-order valence-electron chi connectivity index (χ1n) is 5.28. The van der Waals surface area contributed by atoms with E-state index in [9.17, 15) is 0 Å². The average molecular weight is 186 g/mol. The summed E-state index contributed by atoms with van der Waals surface area (Å²) in [5, 5.41) is 0. The number of hydrogen-bond acceptors (Lipinski definition) is 3. The molecule has 1 rings (SSSR count).